The van der Waals surface area contributed by atoms with E-state index in [2.05, 4.69) is 50.4 Å². The summed E-state index contributed by atoms with van der Waals surface area (Å²) in [5, 5.41) is 4.23. The molecule has 1 amide bonds. The third-order valence-corrected chi connectivity index (χ3v) is 7.16. The molecular weight excluding hydrogens is 408 g/mol. The number of benzene rings is 1. The van der Waals surface area contributed by atoms with Crippen LogP contribution in [0.15, 0.2) is 28.7 Å². The van der Waals surface area contributed by atoms with E-state index in [0.717, 1.165) is 35.4 Å². The lowest BCUT2D eigenvalue weighted by molar-refractivity contribution is -0.114. The predicted molar refractivity (Wildman–Crippen MR) is 112 cm³/mol. The first-order valence-electron chi connectivity index (χ1n) is 9.55. The number of halogens is 1. The summed E-state index contributed by atoms with van der Waals surface area (Å²) in [7, 11) is 0. The number of fused-ring (bicyclic) bond motifs is 1. The molecule has 3 nitrogen and oxygen atoms in total. The Labute approximate surface area is 167 Å². The average molecular weight is 433 g/mol. The van der Waals surface area contributed by atoms with Gasteiger partial charge in [0, 0.05) is 21.8 Å². The van der Waals surface area contributed by atoms with E-state index in [9.17, 15) is 4.79 Å². The standard InChI is InChI=1S/C21H25BrN2OS/c1-14(25)23-21-19(17-9-2-3-10-18(17)26-21)20(24-11-4-5-12-24)15-7-6-8-16(22)13-15/h6-8,13,20H,2-5,9-12H2,1H3,(H,23,25). The number of nitrogens with zero attached hydrogens (tertiary/aromatic N) is 1. The Morgan fingerprint density at radius 3 is 2.69 bits per heavy atom. The van der Waals surface area contributed by atoms with Gasteiger partial charge in [-0.15, -0.1) is 11.3 Å². The minimum atomic E-state index is 0.0271. The molecule has 26 heavy (non-hydrogen) atoms. The van der Waals surface area contributed by atoms with Gasteiger partial charge in [-0.1, -0.05) is 28.1 Å². The molecule has 2 heterocycles. The number of anilines is 1. The number of hydrogen-bond acceptors (Lipinski definition) is 3. The van der Waals surface area contributed by atoms with Crippen LogP contribution in [0.2, 0.25) is 0 Å². The molecule has 1 N–H and O–H groups in total. The van der Waals surface area contributed by atoms with Crippen LogP contribution in [-0.4, -0.2) is 23.9 Å². The quantitative estimate of drug-likeness (QED) is 0.688. The number of rotatable bonds is 4. The molecular formula is C21H25BrN2OS. The van der Waals surface area contributed by atoms with Crippen molar-refractivity contribution in [1.29, 1.82) is 0 Å². The molecule has 5 heteroatoms. The van der Waals surface area contributed by atoms with Gasteiger partial charge in [0.1, 0.15) is 5.00 Å². The summed E-state index contributed by atoms with van der Waals surface area (Å²) >= 11 is 5.46. The highest BCUT2D eigenvalue weighted by Gasteiger charge is 2.33. The second-order valence-corrected chi connectivity index (χ2v) is 9.36. The van der Waals surface area contributed by atoms with E-state index in [1.54, 1.807) is 18.3 Å². The van der Waals surface area contributed by atoms with E-state index in [1.807, 2.05) is 0 Å². The highest BCUT2D eigenvalue weighted by Crippen LogP contribution is 2.46. The number of thiophene rings is 1. The highest BCUT2D eigenvalue weighted by molar-refractivity contribution is 9.10. The van der Waals surface area contributed by atoms with Crippen molar-refractivity contribution in [2.45, 2.75) is 51.5 Å². The van der Waals surface area contributed by atoms with Crippen LogP contribution in [0, 0.1) is 0 Å². The fourth-order valence-electron chi connectivity index (χ4n) is 4.37. The van der Waals surface area contributed by atoms with Crippen molar-refractivity contribution in [3.8, 4) is 0 Å². The van der Waals surface area contributed by atoms with Crippen LogP contribution >= 0.6 is 27.3 Å². The molecule has 1 aliphatic carbocycles. The normalized spacial score (nSPS) is 18.5. The molecule has 0 spiro atoms. The van der Waals surface area contributed by atoms with Gasteiger partial charge in [0.25, 0.3) is 0 Å². The van der Waals surface area contributed by atoms with Crippen LogP contribution in [0.3, 0.4) is 0 Å². The maximum Gasteiger partial charge on any atom is 0.221 e. The Bertz CT molecular complexity index is 810. The smallest absolute Gasteiger partial charge is 0.221 e. The number of nitrogens with one attached hydrogen (secondary N) is 1. The first-order chi connectivity index (χ1) is 12.6. The zero-order chi connectivity index (χ0) is 18.1. The number of hydrogen-bond donors (Lipinski definition) is 1. The van der Waals surface area contributed by atoms with Crippen molar-refractivity contribution in [3.05, 3.63) is 50.3 Å². The summed E-state index contributed by atoms with van der Waals surface area (Å²) in [6, 6.07) is 8.92. The first-order valence-corrected chi connectivity index (χ1v) is 11.2. The summed E-state index contributed by atoms with van der Waals surface area (Å²) in [5.41, 5.74) is 4.18. The summed E-state index contributed by atoms with van der Waals surface area (Å²) in [4.78, 5) is 16.0. The lowest BCUT2D eigenvalue weighted by Crippen LogP contribution is -2.28. The number of carbonyl (C=O) groups excluding carboxylic acids is 1. The third-order valence-electron chi connectivity index (χ3n) is 5.45. The van der Waals surface area contributed by atoms with Crippen LogP contribution in [0.5, 0.6) is 0 Å². The summed E-state index contributed by atoms with van der Waals surface area (Å²) in [5.74, 6) is 0.0271. The molecule has 4 rings (SSSR count). The van der Waals surface area contributed by atoms with Crippen molar-refractivity contribution in [3.63, 3.8) is 0 Å². The lowest BCUT2D eigenvalue weighted by Gasteiger charge is -2.30. The van der Waals surface area contributed by atoms with Crippen molar-refractivity contribution >= 4 is 38.2 Å². The number of likely N-dealkylation sites (tertiary alicyclic amines) is 1. The predicted octanol–water partition coefficient (Wildman–Crippen LogP) is 5.53. The van der Waals surface area contributed by atoms with E-state index in [-0.39, 0.29) is 11.9 Å². The van der Waals surface area contributed by atoms with Gasteiger partial charge in [-0.25, -0.2) is 0 Å². The molecule has 0 saturated carbocycles. The van der Waals surface area contributed by atoms with Gasteiger partial charge < -0.3 is 5.32 Å². The highest BCUT2D eigenvalue weighted by atomic mass is 79.9. The Kier molecular flexibility index (Phi) is 5.48. The van der Waals surface area contributed by atoms with Gasteiger partial charge in [0.05, 0.1) is 6.04 Å². The van der Waals surface area contributed by atoms with Gasteiger partial charge in [-0.3, -0.25) is 9.69 Å². The van der Waals surface area contributed by atoms with E-state index >= 15 is 0 Å². The minimum absolute atomic E-state index is 0.0271. The van der Waals surface area contributed by atoms with Gasteiger partial charge >= 0.3 is 0 Å². The van der Waals surface area contributed by atoms with Crippen LogP contribution < -0.4 is 5.32 Å². The lowest BCUT2D eigenvalue weighted by atomic mass is 9.89. The molecule has 138 valence electrons. The molecule has 1 aromatic heterocycles. The zero-order valence-electron chi connectivity index (χ0n) is 15.2. The molecule has 1 fully saturated rings. The number of amides is 1. The molecule has 0 bridgehead atoms. The van der Waals surface area contributed by atoms with Crippen molar-refractivity contribution < 1.29 is 4.79 Å². The van der Waals surface area contributed by atoms with Gasteiger partial charge in [-0.2, -0.15) is 0 Å². The fraction of sp³-hybridized carbons (Fsp3) is 0.476. The van der Waals surface area contributed by atoms with E-state index < -0.39 is 0 Å². The van der Waals surface area contributed by atoms with Crippen LogP contribution in [0.25, 0.3) is 0 Å². The molecule has 2 aliphatic rings. The molecule has 1 aromatic carbocycles. The van der Waals surface area contributed by atoms with E-state index in [1.165, 1.54) is 47.3 Å². The molecule has 1 saturated heterocycles. The van der Waals surface area contributed by atoms with E-state index in [4.69, 9.17) is 0 Å². The Morgan fingerprint density at radius 1 is 1.19 bits per heavy atom. The third kappa shape index (κ3) is 3.62. The second kappa shape index (κ2) is 7.83. The Balaban J connectivity index is 1.87. The van der Waals surface area contributed by atoms with Crippen molar-refractivity contribution in [1.82, 2.24) is 4.90 Å². The average Bonchev–Trinajstić information content (AvgIpc) is 3.24. The van der Waals surface area contributed by atoms with Gasteiger partial charge in [-0.05, 0) is 74.9 Å². The summed E-state index contributed by atoms with van der Waals surface area (Å²) < 4.78 is 1.12. The first kappa shape index (κ1) is 18.2. The Morgan fingerprint density at radius 2 is 1.96 bits per heavy atom. The topological polar surface area (TPSA) is 32.3 Å². The molecule has 1 unspecified atom stereocenters. The van der Waals surface area contributed by atoms with Crippen LogP contribution in [0.1, 0.15) is 60.2 Å². The van der Waals surface area contributed by atoms with Crippen molar-refractivity contribution in [2.24, 2.45) is 0 Å². The fourth-order valence-corrected chi connectivity index (χ4v) is 6.15. The largest absolute Gasteiger partial charge is 0.318 e. The number of carbonyl (C=O) groups is 1. The SMILES string of the molecule is CC(=O)Nc1sc2c(c1C(c1cccc(Br)c1)N1CCCC1)CCCC2. The maximum absolute atomic E-state index is 11.9. The minimum Gasteiger partial charge on any atom is -0.318 e. The monoisotopic (exact) mass is 432 g/mol. The second-order valence-electron chi connectivity index (χ2n) is 7.34. The zero-order valence-corrected chi connectivity index (χ0v) is 17.6. The summed E-state index contributed by atoms with van der Waals surface area (Å²) in [6.07, 6.45) is 7.31. The van der Waals surface area contributed by atoms with Crippen molar-refractivity contribution in [2.75, 3.05) is 18.4 Å². The number of aryl methyl sites for hydroxylation is 1. The summed E-state index contributed by atoms with van der Waals surface area (Å²) in [6.45, 7) is 3.87. The Hall–Kier alpha value is -1.17. The van der Waals surface area contributed by atoms with Gasteiger partial charge in [0.15, 0.2) is 0 Å². The molecule has 2 aromatic rings. The molecule has 1 atom stereocenters. The molecule has 1 aliphatic heterocycles. The van der Waals surface area contributed by atoms with Gasteiger partial charge in [0.2, 0.25) is 5.91 Å². The van der Waals surface area contributed by atoms with E-state index in [0.29, 0.717) is 0 Å². The maximum atomic E-state index is 11.9. The van der Waals surface area contributed by atoms with Crippen LogP contribution in [0.4, 0.5) is 5.00 Å². The molecule has 0 radical (unpaired) electrons. The van der Waals surface area contributed by atoms with Crippen LogP contribution in [-0.2, 0) is 17.6 Å².